The van der Waals surface area contributed by atoms with Crippen LogP contribution in [0.4, 0.5) is 17.1 Å². The summed E-state index contributed by atoms with van der Waals surface area (Å²) < 4.78 is 23.9. The largest absolute Gasteiger partial charge is 0.362 e. The van der Waals surface area contributed by atoms with Gasteiger partial charge in [0.1, 0.15) is 5.69 Å². The lowest BCUT2D eigenvalue weighted by atomic mass is 10.1. The number of rotatable bonds is 5. The lowest BCUT2D eigenvalue weighted by Gasteiger charge is -2.35. The van der Waals surface area contributed by atoms with Crippen molar-refractivity contribution in [1.29, 1.82) is 0 Å². The summed E-state index contributed by atoms with van der Waals surface area (Å²) in [6, 6.07) is 10.1. The molecule has 2 amide bonds. The van der Waals surface area contributed by atoms with Gasteiger partial charge in [0.15, 0.2) is 9.84 Å². The first-order valence-electron chi connectivity index (χ1n) is 9.47. The van der Waals surface area contributed by atoms with Gasteiger partial charge < -0.3 is 15.1 Å². The highest BCUT2D eigenvalue weighted by Gasteiger charge is 2.26. The molecule has 0 atom stereocenters. The van der Waals surface area contributed by atoms with Gasteiger partial charge in [-0.2, -0.15) is 0 Å². The van der Waals surface area contributed by atoms with Crippen LogP contribution in [0.2, 0.25) is 0 Å². The van der Waals surface area contributed by atoms with E-state index in [1.807, 2.05) is 0 Å². The molecule has 0 aromatic heterocycles. The third-order valence-corrected chi connectivity index (χ3v) is 6.19. The van der Waals surface area contributed by atoms with E-state index >= 15 is 0 Å². The zero-order valence-corrected chi connectivity index (χ0v) is 17.9. The SMILES string of the molecule is CC(=O)N1CCN(c2ccc(C(=O)Nc3ccccc3S(C)(=O)=O)cc2[N+](=O)[O-])CC1. The van der Waals surface area contributed by atoms with Gasteiger partial charge in [-0.3, -0.25) is 19.7 Å². The number of nitro groups is 1. The molecule has 0 bridgehead atoms. The number of carbonyl (C=O) groups excluding carboxylic acids is 2. The lowest BCUT2D eigenvalue weighted by molar-refractivity contribution is -0.384. The summed E-state index contributed by atoms with van der Waals surface area (Å²) in [5, 5.41) is 14.2. The molecule has 1 N–H and O–H groups in total. The number of nitrogens with one attached hydrogen (secondary N) is 1. The van der Waals surface area contributed by atoms with Crippen LogP contribution in [0.15, 0.2) is 47.4 Å². The molecule has 1 aliphatic rings. The second-order valence-corrected chi connectivity index (χ2v) is 9.16. The number of piperazine rings is 1. The molecule has 0 spiro atoms. The van der Waals surface area contributed by atoms with Crippen LogP contribution in [0.1, 0.15) is 17.3 Å². The molecule has 164 valence electrons. The second kappa shape index (κ2) is 8.72. The average molecular weight is 446 g/mol. The highest BCUT2D eigenvalue weighted by molar-refractivity contribution is 7.90. The summed E-state index contributed by atoms with van der Waals surface area (Å²) in [7, 11) is -3.57. The first kappa shape index (κ1) is 22.2. The van der Waals surface area contributed by atoms with E-state index in [1.165, 1.54) is 43.3 Å². The summed E-state index contributed by atoms with van der Waals surface area (Å²) in [4.78, 5) is 38.7. The van der Waals surface area contributed by atoms with E-state index < -0.39 is 20.7 Å². The molecule has 0 aliphatic carbocycles. The number of sulfone groups is 1. The van der Waals surface area contributed by atoms with E-state index in [1.54, 1.807) is 15.9 Å². The fourth-order valence-electron chi connectivity index (χ4n) is 3.43. The first-order valence-corrected chi connectivity index (χ1v) is 11.4. The van der Waals surface area contributed by atoms with E-state index in [-0.39, 0.29) is 27.7 Å². The smallest absolute Gasteiger partial charge is 0.293 e. The first-order chi connectivity index (χ1) is 14.6. The Hall–Kier alpha value is -3.47. The fraction of sp³-hybridized carbons (Fsp3) is 0.300. The molecule has 31 heavy (non-hydrogen) atoms. The normalized spacial score (nSPS) is 14.3. The van der Waals surface area contributed by atoms with Crippen molar-refractivity contribution in [3.8, 4) is 0 Å². The summed E-state index contributed by atoms with van der Waals surface area (Å²) in [6.45, 7) is 3.27. The molecule has 0 unspecified atom stereocenters. The fourth-order valence-corrected chi connectivity index (χ4v) is 4.27. The van der Waals surface area contributed by atoms with E-state index in [2.05, 4.69) is 5.32 Å². The van der Waals surface area contributed by atoms with E-state index in [0.29, 0.717) is 31.9 Å². The molecule has 2 aromatic rings. The third kappa shape index (κ3) is 5.00. The molecule has 1 saturated heterocycles. The number of hydrogen-bond donors (Lipinski definition) is 1. The van der Waals surface area contributed by atoms with Crippen LogP contribution in [-0.2, 0) is 14.6 Å². The van der Waals surface area contributed by atoms with Crippen molar-refractivity contribution in [3.05, 3.63) is 58.1 Å². The quantitative estimate of drug-likeness (QED) is 0.548. The van der Waals surface area contributed by atoms with Gasteiger partial charge in [-0.05, 0) is 24.3 Å². The Morgan fingerprint density at radius 2 is 1.71 bits per heavy atom. The van der Waals surface area contributed by atoms with Crippen LogP contribution in [0, 0.1) is 10.1 Å². The van der Waals surface area contributed by atoms with Crippen molar-refractivity contribution in [2.24, 2.45) is 0 Å². The van der Waals surface area contributed by atoms with Gasteiger partial charge in [0.25, 0.3) is 11.6 Å². The Kier molecular flexibility index (Phi) is 6.25. The Labute approximate surface area is 179 Å². The standard InChI is InChI=1S/C20H22N4O6S/c1-14(25)22-9-11-23(12-10-22)17-8-7-15(13-18(17)24(27)28)20(26)21-16-5-3-4-6-19(16)31(2,29)30/h3-8,13H,9-12H2,1-2H3,(H,21,26). The van der Waals surface area contributed by atoms with Gasteiger partial charge in [0.2, 0.25) is 5.91 Å². The topological polar surface area (TPSA) is 130 Å². The van der Waals surface area contributed by atoms with E-state index in [9.17, 15) is 28.1 Å². The van der Waals surface area contributed by atoms with Crippen molar-refractivity contribution in [3.63, 3.8) is 0 Å². The van der Waals surface area contributed by atoms with E-state index in [4.69, 9.17) is 0 Å². The summed E-state index contributed by atoms with van der Waals surface area (Å²) in [5.41, 5.74) is 0.254. The number of nitro benzene ring substituents is 1. The average Bonchev–Trinajstić information content (AvgIpc) is 2.73. The molecule has 1 heterocycles. The predicted molar refractivity (Wildman–Crippen MR) is 115 cm³/mol. The second-order valence-electron chi connectivity index (χ2n) is 7.18. The molecule has 2 aromatic carbocycles. The zero-order chi connectivity index (χ0) is 22.8. The number of amides is 2. The summed E-state index contributed by atoms with van der Waals surface area (Å²) >= 11 is 0. The number of anilines is 2. The molecule has 0 radical (unpaired) electrons. The lowest BCUT2D eigenvalue weighted by Crippen LogP contribution is -2.48. The minimum absolute atomic E-state index is 0.0288. The van der Waals surface area contributed by atoms with Crippen LogP contribution in [-0.4, -0.2) is 62.5 Å². The molecule has 11 heteroatoms. The van der Waals surface area contributed by atoms with Gasteiger partial charge in [0, 0.05) is 51.0 Å². The van der Waals surface area contributed by atoms with Gasteiger partial charge in [-0.15, -0.1) is 0 Å². The highest BCUT2D eigenvalue weighted by Crippen LogP contribution is 2.31. The van der Waals surface area contributed by atoms with Crippen molar-refractivity contribution in [2.45, 2.75) is 11.8 Å². The molecule has 3 rings (SSSR count). The maximum Gasteiger partial charge on any atom is 0.293 e. The Morgan fingerprint density at radius 1 is 1.06 bits per heavy atom. The molecular formula is C20H22N4O6S. The van der Waals surface area contributed by atoms with Crippen molar-refractivity contribution < 1.29 is 22.9 Å². The number of benzene rings is 2. The van der Waals surface area contributed by atoms with Crippen molar-refractivity contribution in [1.82, 2.24) is 4.90 Å². The highest BCUT2D eigenvalue weighted by atomic mass is 32.2. The molecule has 1 fully saturated rings. The Bertz CT molecular complexity index is 1140. The number of hydrogen-bond acceptors (Lipinski definition) is 7. The molecule has 1 aliphatic heterocycles. The molecule has 0 saturated carbocycles. The van der Waals surface area contributed by atoms with E-state index in [0.717, 1.165) is 6.26 Å². The number of para-hydroxylation sites is 1. The maximum absolute atomic E-state index is 12.7. The maximum atomic E-state index is 12.7. The van der Waals surface area contributed by atoms with Crippen LogP contribution in [0.3, 0.4) is 0 Å². The van der Waals surface area contributed by atoms with Crippen molar-refractivity contribution in [2.75, 3.05) is 42.7 Å². The predicted octanol–water partition coefficient (Wildman–Crippen LogP) is 1.92. The van der Waals surface area contributed by atoms with Crippen LogP contribution in [0.5, 0.6) is 0 Å². The van der Waals surface area contributed by atoms with Crippen LogP contribution >= 0.6 is 0 Å². The van der Waals surface area contributed by atoms with Gasteiger partial charge >= 0.3 is 0 Å². The van der Waals surface area contributed by atoms with Gasteiger partial charge in [-0.1, -0.05) is 12.1 Å². The molecular weight excluding hydrogens is 424 g/mol. The van der Waals surface area contributed by atoms with Crippen molar-refractivity contribution >= 4 is 38.7 Å². The number of nitrogens with zero attached hydrogens (tertiary/aromatic N) is 3. The van der Waals surface area contributed by atoms with Crippen LogP contribution < -0.4 is 10.2 Å². The Morgan fingerprint density at radius 3 is 2.29 bits per heavy atom. The van der Waals surface area contributed by atoms with Gasteiger partial charge in [-0.25, -0.2) is 8.42 Å². The number of carbonyl (C=O) groups is 2. The molecule has 10 nitrogen and oxygen atoms in total. The zero-order valence-electron chi connectivity index (χ0n) is 17.1. The Balaban J connectivity index is 1.86. The summed E-state index contributed by atoms with van der Waals surface area (Å²) in [6.07, 6.45) is 1.03. The minimum Gasteiger partial charge on any atom is -0.362 e. The minimum atomic E-state index is -3.57. The van der Waals surface area contributed by atoms with Gasteiger partial charge in [0.05, 0.1) is 15.5 Å². The summed E-state index contributed by atoms with van der Waals surface area (Å²) in [5.74, 6) is -0.706. The monoisotopic (exact) mass is 446 g/mol. The third-order valence-electron chi connectivity index (χ3n) is 5.03. The van der Waals surface area contributed by atoms with Crippen LogP contribution in [0.25, 0.3) is 0 Å².